The molecule has 0 radical (unpaired) electrons. The molecule has 0 fully saturated rings. The van der Waals surface area contributed by atoms with Crippen LogP contribution in [0.3, 0.4) is 0 Å². The van der Waals surface area contributed by atoms with E-state index in [1.165, 1.54) is 65.5 Å². The van der Waals surface area contributed by atoms with Gasteiger partial charge in [-0.1, -0.05) is 202 Å². The average Bonchev–Trinajstić information content (AvgIpc) is 3.38. The largest absolute Gasteiger partial charge is 0.280 e. The van der Waals surface area contributed by atoms with Gasteiger partial charge in [0.25, 0.3) is 0 Å². The third-order valence-electron chi connectivity index (χ3n) is 10.3. The molecule has 9 rings (SSSR count). The highest BCUT2D eigenvalue weighted by Crippen LogP contribution is 2.64. The molecular formula is C48H39NP2. The van der Waals surface area contributed by atoms with Crippen molar-refractivity contribution in [2.75, 3.05) is 0 Å². The van der Waals surface area contributed by atoms with Gasteiger partial charge in [-0.25, -0.2) is 0 Å². The first-order valence-electron chi connectivity index (χ1n) is 17.8. The van der Waals surface area contributed by atoms with Gasteiger partial charge >= 0.3 is 0 Å². The summed E-state index contributed by atoms with van der Waals surface area (Å²) >= 11 is 0. The van der Waals surface area contributed by atoms with Crippen molar-refractivity contribution in [2.24, 2.45) is 0 Å². The molecule has 8 aromatic rings. The molecule has 0 aromatic heterocycles. The predicted molar refractivity (Wildman–Crippen MR) is 222 cm³/mol. The first-order chi connectivity index (χ1) is 25.3. The van der Waals surface area contributed by atoms with Crippen molar-refractivity contribution in [2.45, 2.75) is 24.0 Å². The minimum atomic E-state index is -0.856. The van der Waals surface area contributed by atoms with Crippen LogP contribution >= 0.6 is 16.0 Å². The van der Waals surface area contributed by atoms with E-state index in [-0.39, 0.29) is 11.7 Å². The molecule has 1 aliphatic rings. The van der Waals surface area contributed by atoms with Crippen molar-refractivity contribution in [1.29, 1.82) is 0 Å². The van der Waals surface area contributed by atoms with E-state index in [0.717, 1.165) is 12.3 Å². The monoisotopic (exact) mass is 691 g/mol. The maximum Gasteiger partial charge on any atom is 0.0469 e. The molecule has 0 spiro atoms. The summed E-state index contributed by atoms with van der Waals surface area (Å²) < 4.78 is 0. The Morgan fingerprint density at radius 2 is 0.824 bits per heavy atom. The van der Waals surface area contributed by atoms with Crippen LogP contribution in [0, 0.1) is 0 Å². The van der Waals surface area contributed by atoms with E-state index in [9.17, 15) is 0 Å². The van der Waals surface area contributed by atoms with Crippen LogP contribution in [0.25, 0.3) is 32.7 Å². The minimum absolute atomic E-state index is 0.0946. The second kappa shape index (κ2) is 14.4. The fraction of sp³-hybridized carbons (Fsp3) is 0.0833. The fourth-order valence-corrected chi connectivity index (χ4v) is 13.4. The third-order valence-corrected chi connectivity index (χ3v) is 15.4. The second-order valence-electron chi connectivity index (χ2n) is 13.4. The summed E-state index contributed by atoms with van der Waals surface area (Å²) in [4.78, 5) is 0. The summed E-state index contributed by atoms with van der Waals surface area (Å²) in [5.41, 5.74) is 8.81. The lowest BCUT2D eigenvalue weighted by atomic mass is 9.88. The highest BCUT2D eigenvalue weighted by Gasteiger charge is 2.36. The highest BCUT2D eigenvalue weighted by atomic mass is 31.1. The first-order valence-corrected chi connectivity index (χ1v) is 21.0. The van der Waals surface area contributed by atoms with Crippen LogP contribution in [0.4, 0.5) is 0 Å². The maximum absolute atomic E-state index is 4.41. The van der Waals surface area contributed by atoms with Gasteiger partial charge in [0.15, 0.2) is 0 Å². The molecule has 0 aliphatic carbocycles. The normalized spacial score (nSPS) is 14.1. The first kappa shape index (κ1) is 32.0. The zero-order valence-electron chi connectivity index (χ0n) is 28.4. The molecule has 1 aliphatic heterocycles. The van der Waals surface area contributed by atoms with E-state index in [1.54, 1.807) is 0 Å². The molecule has 2 atom stereocenters. The van der Waals surface area contributed by atoms with Crippen LogP contribution in [0.15, 0.2) is 194 Å². The zero-order chi connectivity index (χ0) is 34.0. The van der Waals surface area contributed by atoms with Crippen molar-refractivity contribution in [3.63, 3.8) is 0 Å². The molecule has 51 heavy (non-hydrogen) atoms. The molecule has 1 nitrogen and oxygen atoms in total. The lowest BCUT2D eigenvalue weighted by Gasteiger charge is -2.38. The maximum atomic E-state index is 4.41. The number of benzene rings is 8. The zero-order valence-corrected chi connectivity index (χ0v) is 30.2. The summed E-state index contributed by atoms with van der Waals surface area (Å²) in [5, 5.41) is 12.4. The Morgan fingerprint density at radius 1 is 0.412 bits per heavy atom. The molecule has 1 heterocycles. The standard InChI is InChI=1S/C48H39NP2/c1-5-19-37(20-6-1)47(49-51(41-23-9-3-10-24-41)42-25-11-4-12-26-42)48(38-21-7-2-8-22-38)50-33-39-31-29-35-17-13-15-27-43(35)45(39)46-40(34-50)32-30-36-18-14-16-28-44(36)46/h1-32,47-49H,33-34H2/t47-,48-/m0/s1. The van der Waals surface area contributed by atoms with Crippen LogP contribution in [-0.4, -0.2) is 0 Å². The van der Waals surface area contributed by atoms with Crippen LogP contribution in [0.2, 0.25) is 0 Å². The van der Waals surface area contributed by atoms with Crippen LogP contribution < -0.4 is 15.7 Å². The van der Waals surface area contributed by atoms with Crippen LogP contribution in [0.5, 0.6) is 0 Å². The molecular weight excluding hydrogens is 652 g/mol. The Bertz CT molecular complexity index is 2290. The lowest BCUT2D eigenvalue weighted by Crippen LogP contribution is -2.30. The lowest BCUT2D eigenvalue weighted by molar-refractivity contribution is 0.643. The van der Waals surface area contributed by atoms with Crippen molar-refractivity contribution in [1.82, 2.24) is 5.09 Å². The minimum Gasteiger partial charge on any atom is -0.280 e. The van der Waals surface area contributed by atoms with E-state index >= 15 is 0 Å². The van der Waals surface area contributed by atoms with Gasteiger partial charge in [0.1, 0.15) is 0 Å². The Hall–Kier alpha value is -4.90. The molecule has 246 valence electrons. The van der Waals surface area contributed by atoms with Gasteiger partial charge in [0.2, 0.25) is 0 Å². The fourth-order valence-electron chi connectivity index (χ4n) is 8.02. The number of fused-ring (bicyclic) bond motifs is 7. The molecule has 0 saturated heterocycles. The molecule has 0 saturated carbocycles. The molecule has 0 unspecified atom stereocenters. The second-order valence-corrected chi connectivity index (χ2v) is 17.8. The van der Waals surface area contributed by atoms with E-state index in [4.69, 9.17) is 0 Å². The average molecular weight is 692 g/mol. The van der Waals surface area contributed by atoms with Gasteiger partial charge in [-0.05, 0) is 77.9 Å². The van der Waals surface area contributed by atoms with Crippen molar-refractivity contribution in [3.8, 4) is 11.1 Å². The number of rotatable bonds is 8. The quantitative estimate of drug-likeness (QED) is 0.156. The Balaban J connectivity index is 1.26. The van der Waals surface area contributed by atoms with Gasteiger partial charge in [-0.15, -0.1) is 0 Å². The summed E-state index contributed by atoms with van der Waals surface area (Å²) in [6.07, 6.45) is 2.11. The summed E-state index contributed by atoms with van der Waals surface area (Å²) in [6, 6.07) is 72.4. The molecule has 3 heteroatoms. The Labute approximate surface area is 303 Å². The predicted octanol–water partition coefficient (Wildman–Crippen LogP) is 12.3. The van der Waals surface area contributed by atoms with Crippen LogP contribution in [0.1, 0.15) is 34.0 Å². The van der Waals surface area contributed by atoms with E-state index in [1.807, 2.05) is 0 Å². The highest BCUT2D eigenvalue weighted by molar-refractivity contribution is 7.71. The van der Waals surface area contributed by atoms with Crippen LogP contribution in [-0.2, 0) is 12.3 Å². The van der Waals surface area contributed by atoms with Crippen molar-refractivity contribution >= 4 is 48.1 Å². The number of hydrogen-bond donors (Lipinski definition) is 1. The van der Waals surface area contributed by atoms with E-state index in [0.29, 0.717) is 0 Å². The molecule has 1 N–H and O–H groups in total. The topological polar surface area (TPSA) is 12.0 Å². The summed E-state index contributed by atoms with van der Waals surface area (Å²) in [7, 11) is -1.46. The molecule has 0 bridgehead atoms. The van der Waals surface area contributed by atoms with Gasteiger partial charge in [0, 0.05) is 19.8 Å². The Morgan fingerprint density at radius 3 is 1.31 bits per heavy atom. The van der Waals surface area contributed by atoms with Gasteiger partial charge in [-0.2, -0.15) is 0 Å². The number of nitrogens with one attached hydrogen (secondary N) is 1. The van der Waals surface area contributed by atoms with E-state index < -0.39 is 16.0 Å². The van der Waals surface area contributed by atoms with Gasteiger partial charge in [-0.3, -0.25) is 5.09 Å². The smallest absolute Gasteiger partial charge is 0.0469 e. The molecule has 0 amide bonds. The summed E-state index contributed by atoms with van der Waals surface area (Å²) in [6.45, 7) is 0. The number of hydrogen-bond acceptors (Lipinski definition) is 1. The van der Waals surface area contributed by atoms with Crippen molar-refractivity contribution < 1.29 is 0 Å². The Kier molecular flexibility index (Phi) is 9.03. The van der Waals surface area contributed by atoms with Gasteiger partial charge in [0.05, 0.1) is 0 Å². The van der Waals surface area contributed by atoms with Gasteiger partial charge < -0.3 is 0 Å². The van der Waals surface area contributed by atoms with Crippen molar-refractivity contribution in [3.05, 3.63) is 216 Å². The van der Waals surface area contributed by atoms with E-state index in [2.05, 4.69) is 199 Å². The third kappa shape index (κ3) is 6.32. The molecule has 8 aromatic carbocycles. The summed E-state index contributed by atoms with van der Waals surface area (Å²) in [5.74, 6) is 0. The SMILES string of the molecule is c1ccc([C@H](NP(c2ccccc2)c2ccccc2)[C@H](c2ccccc2)P2Cc3ccc4ccccc4c3-c3c(ccc4ccccc34)C2)cc1.